The molecular formula is C28H30F4O2. The minimum atomic E-state index is -1.64. The van der Waals surface area contributed by atoms with Crippen LogP contribution in [-0.2, 0) is 0 Å². The highest BCUT2D eigenvalue weighted by molar-refractivity contribution is 5.90. The van der Waals surface area contributed by atoms with Gasteiger partial charge in [0.2, 0.25) is 0 Å². The summed E-state index contributed by atoms with van der Waals surface area (Å²) in [5.41, 5.74) is -0.379. The van der Waals surface area contributed by atoms with Crippen LogP contribution in [0.2, 0.25) is 0 Å². The summed E-state index contributed by atoms with van der Waals surface area (Å²) in [7, 11) is 0. The second kappa shape index (κ2) is 10.3. The Hall–Kier alpha value is -2.63. The molecule has 182 valence electrons. The Balaban J connectivity index is 1.58. The first kappa shape index (κ1) is 24.5. The average Bonchev–Trinajstić information content (AvgIpc) is 2.82. The van der Waals surface area contributed by atoms with Gasteiger partial charge in [-0.2, -0.15) is 0 Å². The van der Waals surface area contributed by atoms with Gasteiger partial charge in [-0.3, -0.25) is 0 Å². The van der Waals surface area contributed by atoms with Gasteiger partial charge in [-0.05, 0) is 111 Å². The molecule has 2 aromatic carbocycles. The van der Waals surface area contributed by atoms with Gasteiger partial charge >= 0.3 is 5.97 Å². The van der Waals surface area contributed by atoms with Crippen molar-refractivity contribution in [3.05, 3.63) is 71.3 Å². The highest BCUT2D eigenvalue weighted by Crippen LogP contribution is 2.46. The molecule has 2 fully saturated rings. The van der Waals surface area contributed by atoms with E-state index in [2.05, 4.69) is 6.58 Å². The zero-order valence-electron chi connectivity index (χ0n) is 19.1. The molecule has 34 heavy (non-hydrogen) atoms. The lowest BCUT2D eigenvalue weighted by Crippen LogP contribution is -2.25. The molecule has 0 heterocycles. The summed E-state index contributed by atoms with van der Waals surface area (Å²) < 4.78 is 56.8. The van der Waals surface area contributed by atoms with E-state index >= 15 is 4.39 Å². The van der Waals surface area contributed by atoms with Gasteiger partial charge in [-0.25, -0.2) is 22.4 Å². The maximum absolute atomic E-state index is 15.3. The van der Waals surface area contributed by atoms with E-state index in [1.54, 1.807) is 6.07 Å². The number of allylic oxidation sites excluding steroid dienone is 1. The molecule has 2 saturated carbocycles. The van der Waals surface area contributed by atoms with Crippen LogP contribution in [0, 0.1) is 41.0 Å². The minimum absolute atomic E-state index is 0.0584. The van der Waals surface area contributed by atoms with Gasteiger partial charge in [-0.15, -0.1) is 6.58 Å². The molecular weight excluding hydrogens is 444 g/mol. The highest BCUT2D eigenvalue weighted by Gasteiger charge is 2.33. The third-order valence-corrected chi connectivity index (χ3v) is 7.95. The van der Waals surface area contributed by atoms with Gasteiger partial charge in [0.1, 0.15) is 5.82 Å². The summed E-state index contributed by atoms with van der Waals surface area (Å²) >= 11 is 0. The number of halogens is 4. The Kier molecular flexibility index (Phi) is 7.44. The molecule has 0 bridgehead atoms. The van der Waals surface area contributed by atoms with Crippen LogP contribution in [0.3, 0.4) is 0 Å². The Bertz CT molecular complexity index is 1040. The summed E-state index contributed by atoms with van der Waals surface area (Å²) in [4.78, 5) is 11.5. The van der Waals surface area contributed by atoms with Crippen molar-refractivity contribution in [3.8, 4) is 11.1 Å². The molecule has 2 aliphatic rings. The van der Waals surface area contributed by atoms with Crippen LogP contribution in [0.25, 0.3) is 11.1 Å². The first-order chi connectivity index (χ1) is 16.3. The molecule has 6 heteroatoms. The molecule has 1 N–H and O–H groups in total. The van der Waals surface area contributed by atoms with Crippen LogP contribution < -0.4 is 0 Å². The fourth-order valence-electron chi connectivity index (χ4n) is 6.12. The van der Waals surface area contributed by atoms with Crippen molar-refractivity contribution < 1.29 is 27.5 Å². The van der Waals surface area contributed by atoms with E-state index in [9.17, 15) is 23.1 Å². The topological polar surface area (TPSA) is 37.3 Å². The van der Waals surface area contributed by atoms with Gasteiger partial charge < -0.3 is 5.11 Å². The van der Waals surface area contributed by atoms with E-state index in [1.807, 2.05) is 6.08 Å². The van der Waals surface area contributed by atoms with E-state index in [0.29, 0.717) is 17.4 Å². The first-order valence-electron chi connectivity index (χ1n) is 12.1. The number of carboxylic acids is 1. The van der Waals surface area contributed by atoms with E-state index < -0.39 is 34.8 Å². The summed E-state index contributed by atoms with van der Waals surface area (Å²) in [5.74, 6) is -5.04. The van der Waals surface area contributed by atoms with Crippen LogP contribution in [0.1, 0.15) is 79.6 Å². The minimum Gasteiger partial charge on any atom is -0.478 e. The number of hydrogen-bond acceptors (Lipinski definition) is 1. The van der Waals surface area contributed by atoms with Crippen molar-refractivity contribution in [1.82, 2.24) is 0 Å². The second-order valence-electron chi connectivity index (χ2n) is 9.87. The maximum atomic E-state index is 15.3. The maximum Gasteiger partial charge on any atom is 0.338 e. The van der Waals surface area contributed by atoms with Gasteiger partial charge in [0.15, 0.2) is 17.5 Å². The fraction of sp³-hybridized carbons (Fsp3) is 0.464. The molecule has 0 saturated heterocycles. The van der Waals surface area contributed by atoms with Crippen molar-refractivity contribution in [2.24, 2.45) is 17.8 Å². The molecule has 0 aromatic heterocycles. The third-order valence-electron chi connectivity index (χ3n) is 7.95. The van der Waals surface area contributed by atoms with Crippen molar-refractivity contribution in [2.45, 2.75) is 63.7 Å². The number of benzene rings is 2. The SMILES string of the molecule is C=CC[C@H]1CC[C@H](C2CCC(c3ccc(C(=O)O)c(F)c3-c3cc(F)c(F)c(F)c3)CC2)CC1. The van der Waals surface area contributed by atoms with Crippen molar-refractivity contribution in [1.29, 1.82) is 0 Å². The normalized spacial score (nSPS) is 25.2. The first-order valence-corrected chi connectivity index (χ1v) is 12.1. The quantitative estimate of drug-likeness (QED) is 0.260. The molecule has 2 aromatic rings. The molecule has 0 atom stereocenters. The predicted molar refractivity (Wildman–Crippen MR) is 124 cm³/mol. The zero-order chi connectivity index (χ0) is 24.4. The zero-order valence-corrected chi connectivity index (χ0v) is 19.1. The monoisotopic (exact) mass is 474 g/mol. The van der Waals surface area contributed by atoms with Crippen molar-refractivity contribution in [3.63, 3.8) is 0 Å². The van der Waals surface area contributed by atoms with Crippen LogP contribution >= 0.6 is 0 Å². The standard InChI is InChI=1S/C28H30F4O2/c1-2-3-16-4-6-17(7-5-16)18-8-10-19(11-9-18)21-12-13-22(28(33)34)26(31)25(21)20-14-23(29)27(32)24(30)15-20/h2,12-19H,1,3-11H2,(H,33,34)/t16-,17-,18?,19?. The van der Waals surface area contributed by atoms with E-state index in [-0.39, 0.29) is 17.0 Å². The van der Waals surface area contributed by atoms with Crippen LogP contribution in [0.4, 0.5) is 17.6 Å². The van der Waals surface area contributed by atoms with Crippen LogP contribution in [0.15, 0.2) is 36.9 Å². The summed E-state index contributed by atoms with van der Waals surface area (Å²) in [6.45, 7) is 3.85. The summed E-state index contributed by atoms with van der Waals surface area (Å²) in [5, 5.41) is 9.37. The molecule has 0 spiro atoms. The van der Waals surface area contributed by atoms with E-state index in [4.69, 9.17) is 0 Å². The molecule has 2 nitrogen and oxygen atoms in total. The number of carbonyl (C=O) groups is 1. The van der Waals surface area contributed by atoms with Gasteiger partial charge in [0.25, 0.3) is 0 Å². The largest absolute Gasteiger partial charge is 0.478 e. The van der Waals surface area contributed by atoms with Gasteiger partial charge in [-0.1, -0.05) is 12.1 Å². The van der Waals surface area contributed by atoms with Gasteiger partial charge in [0, 0.05) is 5.56 Å². The molecule has 4 rings (SSSR count). The van der Waals surface area contributed by atoms with E-state index in [1.165, 1.54) is 31.7 Å². The van der Waals surface area contributed by atoms with Crippen LogP contribution in [-0.4, -0.2) is 11.1 Å². The molecule has 0 aliphatic heterocycles. The predicted octanol–water partition coefficient (Wildman–Crippen LogP) is 8.26. The number of aromatic carboxylic acids is 1. The van der Waals surface area contributed by atoms with Crippen molar-refractivity contribution >= 4 is 5.97 Å². The lowest BCUT2D eigenvalue weighted by atomic mass is 9.67. The number of carboxylic acid groups (broad SMARTS) is 1. The van der Waals surface area contributed by atoms with E-state index in [0.717, 1.165) is 50.2 Å². The Morgan fingerprint density at radius 3 is 1.97 bits per heavy atom. The van der Waals surface area contributed by atoms with Crippen LogP contribution in [0.5, 0.6) is 0 Å². The molecule has 2 aliphatic carbocycles. The Morgan fingerprint density at radius 1 is 0.882 bits per heavy atom. The van der Waals surface area contributed by atoms with Crippen molar-refractivity contribution in [2.75, 3.05) is 0 Å². The fourth-order valence-corrected chi connectivity index (χ4v) is 6.12. The highest BCUT2D eigenvalue weighted by atomic mass is 19.2. The number of hydrogen-bond donors (Lipinski definition) is 1. The lowest BCUT2D eigenvalue weighted by molar-refractivity contribution is 0.0692. The smallest absolute Gasteiger partial charge is 0.338 e. The average molecular weight is 475 g/mol. The molecule has 0 unspecified atom stereocenters. The Morgan fingerprint density at radius 2 is 1.44 bits per heavy atom. The van der Waals surface area contributed by atoms with Gasteiger partial charge in [0.05, 0.1) is 5.56 Å². The Labute approximate surface area is 197 Å². The second-order valence-corrected chi connectivity index (χ2v) is 9.87. The summed E-state index contributed by atoms with van der Waals surface area (Å²) in [6.07, 6.45) is 11.5. The molecule has 0 radical (unpaired) electrons. The molecule has 0 amide bonds. The number of rotatable bonds is 6. The lowest BCUT2D eigenvalue weighted by Gasteiger charge is -2.38. The summed E-state index contributed by atoms with van der Waals surface area (Å²) in [6, 6.07) is 4.23. The third kappa shape index (κ3) is 4.91.